The van der Waals surface area contributed by atoms with E-state index >= 15 is 0 Å². The molecule has 3 atom stereocenters. The van der Waals surface area contributed by atoms with Gasteiger partial charge in [0.25, 0.3) is 0 Å². The summed E-state index contributed by atoms with van der Waals surface area (Å²) >= 11 is 1.75. The molecular formula is C15H24N2OS. The van der Waals surface area contributed by atoms with Crippen LogP contribution in [0.15, 0.2) is 11.7 Å². The van der Waals surface area contributed by atoms with Crippen molar-refractivity contribution in [3.05, 3.63) is 16.6 Å². The lowest BCUT2D eigenvalue weighted by Gasteiger charge is -2.43. The van der Waals surface area contributed by atoms with E-state index in [0.29, 0.717) is 12.0 Å². The third-order valence-electron chi connectivity index (χ3n) is 4.78. The Hall–Kier alpha value is -0.450. The quantitative estimate of drug-likeness (QED) is 0.924. The molecule has 0 spiro atoms. The minimum Gasteiger partial charge on any atom is -0.393 e. The lowest BCUT2D eigenvalue weighted by molar-refractivity contribution is -0.00828. The molecule has 1 aliphatic carbocycles. The van der Waals surface area contributed by atoms with Crippen LogP contribution in [0.4, 0.5) is 0 Å². The Bertz CT molecular complexity index is 382. The maximum atomic E-state index is 10.3. The molecule has 1 aromatic heterocycles. The number of aliphatic hydroxyl groups is 1. The van der Waals surface area contributed by atoms with Crippen molar-refractivity contribution < 1.29 is 5.11 Å². The predicted octanol–water partition coefficient (Wildman–Crippen LogP) is 3.05. The van der Waals surface area contributed by atoms with Gasteiger partial charge in [0.1, 0.15) is 0 Å². The van der Waals surface area contributed by atoms with E-state index in [9.17, 15) is 5.11 Å². The summed E-state index contributed by atoms with van der Waals surface area (Å²) in [5.74, 6) is 0.502. The molecule has 1 aromatic rings. The molecule has 2 aliphatic rings. The van der Waals surface area contributed by atoms with Gasteiger partial charge in [0.05, 0.1) is 11.6 Å². The maximum Gasteiger partial charge on any atom is 0.0794 e. The van der Waals surface area contributed by atoms with Gasteiger partial charge in [0.15, 0.2) is 0 Å². The van der Waals surface area contributed by atoms with Gasteiger partial charge in [-0.25, -0.2) is 0 Å². The highest BCUT2D eigenvalue weighted by molar-refractivity contribution is 7.09. The molecule has 4 heteroatoms. The smallest absolute Gasteiger partial charge is 0.0794 e. The normalized spacial score (nSPS) is 33.4. The van der Waals surface area contributed by atoms with Crippen LogP contribution in [-0.2, 0) is 6.54 Å². The standard InChI is InChI=1S/C15H24N2OS/c18-15-7-2-1-5-13(15)14-6-3-4-8-17(14)10-12-9-16-11-19-12/h9,11,13-15,18H,1-8,10H2. The van der Waals surface area contributed by atoms with E-state index in [1.54, 1.807) is 11.3 Å². The number of piperidine rings is 1. The third-order valence-corrected chi connectivity index (χ3v) is 5.55. The number of likely N-dealkylation sites (tertiary alicyclic amines) is 1. The highest BCUT2D eigenvalue weighted by Gasteiger charge is 2.35. The fourth-order valence-electron chi connectivity index (χ4n) is 3.81. The van der Waals surface area contributed by atoms with Gasteiger partial charge in [-0.1, -0.05) is 19.3 Å². The van der Waals surface area contributed by atoms with Crippen LogP contribution in [0.3, 0.4) is 0 Å². The minimum atomic E-state index is -0.0687. The van der Waals surface area contributed by atoms with Gasteiger partial charge in [-0.2, -0.15) is 0 Å². The zero-order chi connectivity index (χ0) is 13.1. The summed E-state index contributed by atoms with van der Waals surface area (Å²) in [5, 5.41) is 10.3. The van der Waals surface area contributed by atoms with Gasteiger partial charge in [-0.3, -0.25) is 9.88 Å². The highest BCUT2D eigenvalue weighted by atomic mass is 32.1. The van der Waals surface area contributed by atoms with Crippen LogP contribution in [0.1, 0.15) is 49.8 Å². The van der Waals surface area contributed by atoms with E-state index in [-0.39, 0.29) is 6.10 Å². The van der Waals surface area contributed by atoms with Gasteiger partial charge in [-0.05, 0) is 32.2 Å². The first kappa shape index (κ1) is 13.5. The monoisotopic (exact) mass is 280 g/mol. The number of thiazole rings is 1. The summed E-state index contributed by atoms with van der Waals surface area (Å²) in [7, 11) is 0. The van der Waals surface area contributed by atoms with Crippen molar-refractivity contribution >= 4 is 11.3 Å². The molecule has 0 bridgehead atoms. The second kappa shape index (κ2) is 6.33. The maximum absolute atomic E-state index is 10.3. The van der Waals surface area contributed by atoms with E-state index in [4.69, 9.17) is 0 Å². The molecule has 19 heavy (non-hydrogen) atoms. The van der Waals surface area contributed by atoms with Crippen molar-refractivity contribution in [3.8, 4) is 0 Å². The average Bonchev–Trinajstić information content (AvgIpc) is 2.93. The van der Waals surface area contributed by atoms with E-state index in [2.05, 4.69) is 9.88 Å². The SMILES string of the molecule is OC1CCCCC1C1CCCCN1Cc1cncs1. The molecule has 3 nitrogen and oxygen atoms in total. The Kier molecular flexibility index (Phi) is 4.51. The lowest BCUT2D eigenvalue weighted by atomic mass is 9.78. The largest absolute Gasteiger partial charge is 0.393 e. The van der Waals surface area contributed by atoms with Gasteiger partial charge in [0, 0.05) is 29.6 Å². The fourth-order valence-corrected chi connectivity index (χ4v) is 4.43. The van der Waals surface area contributed by atoms with Crippen molar-refractivity contribution in [1.29, 1.82) is 0 Å². The Morgan fingerprint density at radius 2 is 2.05 bits per heavy atom. The first-order valence-electron chi connectivity index (χ1n) is 7.64. The summed E-state index contributed by atoms with van der Waals surface area (Å²) in [5.41, 5.74) is 1.92. The number of aromatic nitrogens is 1. The molecule has 1 saturated carbocycles. The average molecular weight is 280 g/mol. The molecule has 0 aromatic carbocycles. The molecule has 0 radical (unpaired) electrons. The third kappa shape index (κ3) is 3.18. The summed E-state index contributed by atoms with van der Waals surface area (Å²) < 4.78 is 0. The first-order chi connectivity index (χ1) is 9.34. The molecule has 2 heterocycles. The van der Waals surface area contributed by atoms with Crippen molar-refractivity contribution in [2.75, 3.05) is 6.54 Å². The van der Waals surface area contributed by atoms with Crippen molar-refractivity contribution in [3.63, 3.8) is 0 Å². The molecular weight excluding hydrogens is 256 g/mol. The van der Waals surface area contributed by atoms with E-state index in [1.165, 1.54) is 49.9 Å². The lowest BCUT2D eigenvalue weighted by Crippen LogP contribution is -2.48. The molecule has 0 amide bonds. The van der Waals surface area contributed by atoms with Crippen LogP contribution in [0.5, 0.6) is 0 Å². The summed E-state index contributed by atoms with van der Waals surface area (Å²) in [6.45, 7) is 2.21. The Labute approximate surface area is 119 Å². The van der Waals surface area contributed by atoms with Crippen LogP contribution >= 0.6 is 11.3 Å². The molecule has 3 rings (SSSR count). The Morgan fingerprint density at radius 1 is 1.21 bits per heavy atom. The number of rotatable bonds is 3. The van der Waals surface area contributed by atoms with Crippen molar-refractivity contribution in [1.82, 2.24) is 9.88 Å². The summed E-state index contributed by atoms with van der Waals surface area (Å²) in [6.07, 6.45) is 10.5. The Balaban J connectivity index is 1.69. The molecule has 106 valence electrons. The minimum absolute atomic E-state index is 0.0687. The second-order valence-corrected chi connectivity index (χ2v) is 6.99. The van der Waals surface area contributed by atoms with Crippen LogP contribution < -0.4 is 0 Å². The predicted molar refractivity (Wildman–Crippen MR) is 78.1 cm³/mol. The van der Waals surface area contributed by atoms with Gasteiger partial charge >= 0.3 is 0 Å². The fraction of sp³-hybridized carbons (Fsp3) is 0.800. The van der Waals surface area contributed by atoms with Crippen LogP contribution in [-0.4, -0.2) is 33.7 Å². The number of hydrogen-bond donors (Lipinski definition) is 1. The molecule has 2 fully saturated rings. The highest BCUT2D eigenvalue weighted by Crippen LogP contribution is 2.34. The van der Waals surface area contributed by atoms with Gasteiger partial charge in [-0.15, -0.1) is 11.3 Å². The number of hydrogen-bond acceptors (Lipinski definition) is 4. The van der Waals surface area contributed by atoms with E-state index in [0.717, 1.165) is 13.0 Å². The van der Waals surface area contributed by atoms with Crippen LogP contribution in [0.2, 0.25) is 0 Å². The number of nitrogens with zero attached hydrogens (tertiary/aromatic N) is 2. The summed E-state index contributed by atoms with van der Waals surface area (Å²) in [4.78, 5) is 8.15. The zero-order valence-corrected chi connectivity index (χ0v) is 12.3. The van der Waals surface area contributed by atoms with Crippen molar-refractivity contribution in [2.45, 2.75) is 63.6 Å². The van der Waals surface area contributed by atoms with E-state index < -0.39 is 0 Å². The molecule has 1 saturated heterocycles. The second-order valence-electron chi connectivity index (χ2n) is 6.02. The van der Waals surface area contributed by atoms with Crippen molar-refractivity contribution in [2.24, 2.45) is 5.92 Å². The van der Waals surface area contributed by atoms with Gasteiger partial charge in [0.2, 0.25) is 0 Å². The Morgan fingerprint density at radius 3 is 2.84 bits per heavy atom. The van der Waals surface area contributed by atoms with Crippen LogP contribution in [0.25, 0.3) is 0 Å². The first-order valence-corrected chi connectivity index (χ1v) is 8.52. The van der Waals surface area contributed by atoms with E-state index in [1.807, 2.05) is 11.7 Å². The zero-order valence-electron chi connectivity index (χ0n) is 11.5. The molecule has 1 aliphatic heterocycles. The number of aliphatic hydroxyl groups excluding tert-OH is 1. The molecule has 1 N–H and O–H groups in total. The molecule has 3 unspecified atom stereocenters. The summed E-state index contributed by atoms with van der Waals surface area (Å²) in [6, 6.07) is 0.589. The topological polar surface area (TPSA) is 36.4 Å². The van der Waals surface area contributed by atoms with Gasteiger partial charge < -0.3 is 5.11 Å². The van der Waals surface area contributed by atoms with Crippen LogP contribution in [0, 0.1) is 5.92 Å².